The molecule has 0 bridgehead atoms. The standard InChI is InChI=1S/C23H22ClF3N4O6S/c1-4-37-21(33)15-12-30(14-8-9-17-18(10-14)29(3)38(35,36)28(17)2)22(34)31(20(15)32)11-13-6-5-7-16(19(13)24)23(25,26)27/h5-10,15H,4,11-12H2,1-3H3. The molecule has 15 heteroatoms. The average molecular weight is 575 g/mol. The Morgan fingerprint density at radius 2 is 1.76 bits per heavy atom. The number of amides is 3. The van der Waals surface area contributed by atoms with Gasteiger partial charge in [0.1, 0.15) is 0 Å². The molecule has 4 rings (SSSR count). The molecular formula is C23H22ClF3N4O6S. The maximum Gasteiger partial charge on any atom is 0.417 e. The molecule has 0 aromatic heterocycles. The minimum absolute atomic E-state index is 0.0517. The molecule has 0 N–H and O–H groups in total. The topological polar surface area (TPSA) is 108 Å². The lowest BCUT2D eigenvalue weighted by Gasteiger charge is -2.38. The van der Waals surface area contributed by atoms with Crippen LogP contribution in [0.2, 0.25) is 5.02 Å². The van der Waals surface area contributed by atoms with Gasteiger partial charge < -0.3 is 4.74 Å². The summed E-state index contributed by atoms with van der Waals surface area (Å²) in [6.45, 7) is 0.411. The second-order valence-corrected chi connectivity index (χ2v) is 10.9. The van der Waals surface area contributed by atoms with Crippen molar-refractivity contribution in [3.8, 4) is 0 Å². The molecule has 1 unspecified atom stereocenters. The number of hydrogen-bond donors (Lipinski definition) is 0. The van der Waals surface area contributed by atoms with Crippen molar-refractivity contribution in [2.75, 3.05) is 40.8 Å². The Hall–Kier alpha value is -3.52. The number of halogens is 4. The van der Waals surface area contributed by atoms with Crippen molar-refractivity contribution in [1.82, 2.24) is 4.90 Å². The molecule has 1 atom stereocenters. The van der Waals surface area contributed by atoms with E-state index >= 15 is 0 Å². The van der Waals surface area contributed by atoms with Gasteiger partial charge in [-0.25, -0.2) is 4.79 Å². The fourth-order valence-electron chi connectivity index (χ4n) is 4.27. The normalized spacial score (nSPS) is 19.2. The summed E-state index contributed by atoms with van der Waals surface area (Å²) in [5.41, 5.74) is -0.553. The van der Waals surface area contributed by atoms with Gasteiger partial charge in [0.2, 0.25) is 5.91 Å². The maximum absolute atomic E-state index is 13.5. The van der Waals surface area contributed by atoms with Crippen LogP contribution in [-0.2, 0) is 37.3 Å². The predicted molar refractivity (Wildman–Crippen MR) is 132 cm³/mol. The summed E-state index contributed by atoms with van der Waals surface area (Å²) in [5, 5.41) is -0.683. The first kappa shape index (κ1) is 27.5. The van der Waals surface area contributed by atoms with Crippen LogP contribution in [0.15, 0.2) is 36.4 Å². The number of benzene rings is 2. The fourth-order valence-corrected chi connectivity index (χ4v) is 5.73. The lowest BCUT2D eigenvalue weighted by atomic mass is 10.0. The summed E-state index contributed by atoms with van der Waals surface area (Å²) in [7, 11) is -1.13. The molecule has 38 heavy (non-hydrogen) atoms. The summed E-state index contributed by atoms with van der Waals surface area (Å²) in [4.78, 5) is 41.1. The largest absolute Gasteiger partial charge is 0.465 e. The first-order valence-electron chi connectivity index (χ1n) is 11.2. The van der Waals surface area contributed by atoms with Crippen molar-refractivity contribution < 1.29 is 40.7 Å². The van der Waals surface area contributed by atoms with Gasteiger partial charge in [-0.15, -0.1) is 0 Å². The Morgan fingerprint density at radius 3 is 2.39 bits per heavy atom. The highest BCUT2D eigenvalue weighted by molar-refractivity contribution is 7.94. The van der Waals surface area contributed by atoms with Crippen LogP contribution < -0.4 is 13.5 Å². The number of nitrogens with zero attached hydrogens (tertiary/aromatic N) is 4. The van der Waals surface area contributed by atoms with Gasteiger partial charge in [0.05, 0.1) is 41.7 Å². The van der Waals surface area contributed by atoms with Gasteiger partial charge in [0, 0.05) is 19.8 Å². The van der Waals surface area contributed by atoms with Crippen LogP contribution in [-0.4, -0.2) is 58.5 Å². The number of rotatable bonds is 5. The first-order valence-corrected chi connectivity index (χ1v) is 13.0. The predicted octanol–water partition coefficient (Wildman–Crippen LogP) is 3.64. The minimum atomic E-state index is -4.77. The van der Waals surface area contributed by atoms with Crippen molar-refractivity contribution in [1.29, 1.82) is 0 Å². The van der Waals surface area contributed by atoms with E-state index in [0.29, 0.717) is 10.6 Å². The highest BCUT2D eigenvalue weighted by Crippen LogP contribution is 2.42. The molecule has 2 heterocycles. The molecule has 2 aliphatic heterocycles. The molecule has 0 aliphatic carbocycles. The molecule has 1 fully saturated rings. The summed E-state index contributed by atoms with van der Waals surface area (Å²) in [6, 6.07) is 6.48. The minimum Gasteiger partial charge on any atom is -0.465 e. The van der Waals surface area contributed by atoms with Gasteiger partial charge >= 0.3 is 28.4 Å². The molecule has 204 valence electrons. The zero-order valence-corrected chi connectivity index (χ0v) is 21.9. The lowest BCUT2D eigenvalue weighted by molar-refractivity contribution is -0.154. The molecular weight excluding hydrogens is 553 g/mol. The number of carbonyl (C=O) groups excluding carboxylic acids is 3. The molecule has 1 saturated heterocycles. The van der Waals surface area contributed by atoms with Crippen LogP contribution >= 0.6 is 11.6 Å². The Morgan fingerprint density at radius 1 is 1.11 bits per heavy atom. The number of urea groups is 1. The van der Waals surface area contributed by atoms with Gasteiger partial charge in [-0.1, -0.05) is 23.7 Å². The van der Waals surface area contributed by atoms with E-state index in [9.17, 15) is 36.0 Å². The van der Waals surface area contributed by atoms with Gasteiger partial charge in [-0.05, 0) is 36.8 Å². The Bertz CT molecular complexity index is 1430. The summed E-state index contributed by atoms with van der Waals surface area (Å²) < 4.78 is 72.2. The SMILES string of the molecule is CCOC(=O)C1CN(c2ccc3c(c2)N(C)S(=O)(=O)N3C)C(=O)N(Cc2cccc(C(F)(F)F)c2Cl)C1=O. The summed E-state index contributed by atoms with van der Waals surface area (Å²) in [6.07, 6.45) is -4.77. The summed E-state index contributed by atoms with van der Waals surface area (Å²) >= 11 is 5.99. The second-order valence-electron chi connectivity index (χ2n) is 8.51. The average Bonchev–Trinajstić information content (AvgIpc) is 3.01. The third-order valence-electron chi connectivity index (χ3n) is 6.32. The van der Waals surface area contributed by atoms with E-state index in [4.69, 9.17) is 16.3 Å². The van der Waals surface area contributed by atoms with Crippen molar-refractivity contribution in [3.63, 3.8) is 0 Å². The van der Waals surface area contributed by atoms with Gasteiger partial charge in [0.15, 0.2) is 5.92 Å². The monoisotopic (exact) mass is 574 g/mol. The number of alkyl halides is 3. The number of esters is 1. The van der Waals surface area contributed by atoms with E-state index in [1.165, 1.54) is 45.3 Å². The first-order chi connectivity index (χ1) is 17.7. The highest BCUT2D eigenvalue weighted by atomic mass is 35.5. The van der Waals surface area contributed by atoms with Gasteiger partial charge in [-0.3, -0.25) is 28.0 Å². The third kappa shape index (κ3) is 4.51. The number of anilines is 3. The van der Waals surface area contributed by atoms with E-state index in [-0.39, 0.29) is 23.5 Å². The molecule has 2 aliphatic rings. The lowest BCUT2D eigenvalue weighted by Crippen LogP contribution is -2.58. The van der Waals surface area contributed by atoms with E-state index < -0.39 is 63.9 Å². The fraction of sp³-hybridized carbons (Fsp3) is 0.348. The van der Waals surface area contributed by atoms with E-state index in [1.54, 1.807) is 0 Å². The summed E-state index contributed by atoms with van der Waals surface area (Å²) in [5.74, 6) is -3.36. The Balaban J connectivity index is 1.76. The highest BCUT2D eigenvalue weighted by Gasteiger charge is 2.45. The molecule has 2 aromatic carbocycles. The van der Waals surface area contributed by atoms with Gasteiger partial charge in [0.25, 0.3) is 0 Å². The zero-order valence-electron chi connectivity index (χ0n) is 20.3. The van der Waals surface area contributed by atoms with Crippen LogP contribution in [0, 0.1) is 5.92 Å². The second kappa shape index (κ2) is 9.66. The van der Waals surface area contributed by atoms with Crippen LogP contribution in [0.4, 0.5) is 35.0 Å². The molecule has 10 nitrogen and oxygen atoms in total. The maximum atomic E-state index is 13.5. The number of hydrogen-bond acceptors (Lipinski definition) is 6. The van der Waals surface area contributed by atoms with Crippen molar-refractivity contribution in [3.05, 3.63) is 52.5 Å². The van der Waals surface area contributed by atoms with Crippen LogP contribution in [0.25, 0.3) is 0 Å². The van der Waals surface area contributed by atoms with Crippen LogP contribution in [0.3, 0.4) is 0 Å². The smallest absolute Gasteiger partial charge is 0.417 e. The zero-order chi connectivity index (χ0) is 28.2. The molecule has 0 saturated carbocycles. The van der Waals surface area contributed by atoms with Crippen LogP contribution in [0.1, 0.15) is 18.1 Å². The third-order valence-corrected chi connectivity index (χ3v) is 8.54. The molecule has 0 radical (unpaired) electrons. The number of fused-ring (bicyclic) bond motifs is 1. The Labute approximate surface area is 221 Å². The van der Waals surface area contributed by atoms with E-state index in [1.807, 2.05) is 0 Å². The number of carbonyl (C=O) groups is 3. The molecule has 0 spiro atoms. The molecule has 3 amide bonds. The van der Waals surface area contributed by atoms with Crippen LogP contribution in [0.5, 0.6) is 0 Å². The van der Waals surface area contributed by atoms with Crippen molar-refractivity contribution >= 4 is 56.8 Å². The molecule has 2 aromatic rings. The number of ether oxygens (including phenoxy) is 1. The number of imide groups is 1. The van der Waals surface area contributed by atoms with Crippen molar-refractivity contribution in [2.45, 2.75) is 19.6 Å². The quantitative estimate of drug-likeness (QED) is 0.399. The van der Waals surface area contributed by atoms with Gasteiger partial charge in [-0.2, -0.15) is 21.6 Å². The van der Waals surface area contributed by atoms with Crippen molar-refractivity contribution in [2.24, 2.45) is 5.92 Å². The Kier molecular flexibility index (Phi) is 6.99. The van der Waals surface area contributed by atoms with E-state index in [0.717, 1.165) is 25.6 Å². The van der Waals surface area contributed by atoms with E-state index in [2.05, 4.69) is 0 Å².